The average molecular weight is 1360 g/mol. The third-order valence-corrected chi connectivity index (χ3v) is 29.1. The van der Waals surface area contributed by atoms with E-state index in [-0.39, 0.29) is 66.0 Å². The van der Waals surface area contributed by atoms with E-state index in [0.29, 0.717) is 0 Å². The van der Waals surface area contributed by atoms with Crippen molar-refractivity contribution in [2.24, 2.45) is 0 Å². The van der Waals surface area contributed by atoms with Crippen LogP contribution in [0.15, 0.2) is 54.6 Å². The maximum absolute atomic E-state index is 7.57. The first-order valence-corrected chi connectivity index (χ1v) is 33.1. The molecule has 0 bridgehead atoms. The van der Waals surface area contributed by atoms with Crippen molar-refractivity contribution < 1.29 is 44.8 Å². The van der Waals surface area contributed by atoms with Crippen LogP contribution in [-0.4, -0.2) is 38.9 Å². The summed E-state index contributed by atoms with van der Waals surface area (Å²) in [6.45, 7) is 4.51. The molecule has 0 N–H and O–H groups in total. The molecule has 11 rings (SSSR count). The Labute approximate surface area is 465 Å². The Morgan fingerprint density at radius 2 is 0.814 bits per heavy atom. The molecule has 4 aromatic rings. The van der Waals surface area contributed by atoms with Gasteiger partial charge in [-0.05, 0) is 195 Å². The molecule has 0 saturated heterocycles. The molecule has 6 heteroatoms. The van der Waals surface area contributed by atoms with Crippen molar-refractivity contribution in [3.05, 3.63) is 89.7 Å². The van der Waals surface area contributed by atoms with Crippen LogP contribution in [0, 0.1) is 24.7 Å². The van der Waals surface area contributed by atoms with Crippen molar-refractivity contribution in [2.75, 3.05) is 0 Å². The van der Waals surface area contributed by atoms with E-state index in [4.69, 9.17) is 17.8 Å². The first-order chi connectivity index (χ1) is 33.5. The predicted molar refractivity (Wildman–Crippen MR) is 302 cm³/mol. The number of aromatic nitrogens is 1. The summed E-state index contributed by atoms with van der Waals surface area (Å²) in [6.07, 6.45) is 64.5. The molecule has 7 aliphatic carbocycles. The van der Waals surface area contributed by atoms with Crippen LogP contribution in [0.4, 0.5) is 0 Å². The van der Waals surface area contributed by atoms with Crippen molar-refractivity contribution in [1.82, 2.24) is 4.98 Å². The minimum Gasteiger partial charge on any atom is -0.366 e. The van der Waals surface area contributed by atoms with E-state index in [1.165, 1.54) is 56.2 Å². The summed E-state index contributed by atoms with van der Waals surface area (Å²) in [5, 5.41) is 1.00. The summed E-state index contributed by atoms with van der Waals surface area (Å²) in [5.74, 6) is 5.01. The van der Waals surface area contributed by atoms with E-state index >= 15 is 0 Å². The summed E-state index contributed by atoms with van der Waals surface area (Å²) in [7, 11) is -0.0930. The fourth-order valence-corrected chi connectivity index (χ4v) is 26.9. The molecule has 1 nitrogen and oxygen atoms in total. The first kappa shape index (κ1) is 56.7. The number of nitrogens with zero attached hydrogens (tertiary/aromatic N) is 1. The van der Waals surface area contributed by atoms with Gasteiger partial charge in [0, 0.05) is 31.5 Å². The van der Waals surface area contributed by atoms with Gasteiger partial charge in [-0.25, -0.2) is 4.98 Å². The van der Waals surface area contributed by atoms with Gasteiger partial charge in [0.1, 0.15) is 5.01 Å². The van der Waals surface area contributed by atoms with E-state index in [2.05, 4.69) is 56.0 Å². The fourth-order valence-electron chi connectivity index (χ4n) is 15.5. The molecular weight excluding hydrogens is 1270 g/mol. The number of hydrogen-bond acceptors (Lipinski definition) is 2. The smallest absolute Gasteiger partial charge is 0.366 e. The molecule has 0 amide bonds. The molecule has 6 fully saturated rings. The van der Waals surface area contributed by atoms with Gasteiger partial charge in [0.05, 0.1) is 39.5 Å². The molecule has 384 valence electrons. The van der Waals surface area contributed by atoms with E-state index in [0.717, 1.165) is 44.8 Å². The molecule has 70 heavy (non-hydrogen) atoms. The normalized spacial score (nSPS) is 21.5. The number of hydrogen-bond donors (Lipinski definition) is 0. The molecular formula is C64H87Au2NP2S+2. The van der Waals surface area contributed by atoms with Crippen molar-refractivity contribution in [3.8, 4) is 33.5 Å². The largest absolute Gasteiger partial charge is 1.00 e. The summed E-state index contributed by atoms with van der Waals surface area (Å²) >= 11 is 1.66. The van der Waals surface area contributed by atoms with Gasteiger partial charge in [-0.2, -0.15) is 0 Å². The SMILES string of the molecule is C1CCC([PH+](C2CCCCC2)C2CCCCC2)CC1.C1CCC([PH+](C2CCCCC2)C2CCCCC2)CC1.[Au+].[Au+].[C-]#Cc1ccc2c(c1)C(CC)(CC)c1cc(-c3nc4ccc(C#[C-])cc4s3)ccc1-2. The summed E-state index contributed by atoms with van der Waals surface area (Å²) in [5.41, 5.74) is 16.2. The molecule has 0 spiro atoms. The standard InChI is InChI=1S/C28H19NS.2C18H33P.2Au/c1-5-18-9-12-21-22-13-11-20(17-24(22)28(7-3,8-4)23(21)15-18)27-29-25-14-10-19(6-2)16-26(25)30-27;2*1-4-10-16(11-5-1)19(17-12-6-2-7-13-17)18-14-8-3-9-15-18;;/h9-17H,7-8H2,3-4H3;2*16-18H,1-15H2;;/q-2;;;2*+1/p+2. The molecule has 0 aliphatic heterocycles. The molecule has 1 heterocycles. The Kier molecular flexibility index (Phi) is 22.9. The summed E-state index contributed by atoms with van der Waals surface area (Å²) in [6, 6.07) is 18.8. The van der Waals surface area contributed by atoms with Gasteiger partial charge in [0.25, 0.3) is 0 Å². The van der Waals surface area contributed by atoms with Gasteiger partial charge < -0.3 is 12.8 Å². The van der Waals surface area contributed by atoms with Crippen molar-refractivity contribution in [2.45, 2.75) is 259 Å². The van der Waals surface area contributed by atoms with Crippen LogP contribution in [0.25, 0.3) is 31.9 Å². The molecule has 1 aromatic heterocycles. The Morgan fingerprint density at radius 3 is 1.19 bits per heavy atom. The first-order valence-electron chi connectivity index (χ1n) is 28.8. The van der Waals surface area contributed by atoms with E-state index in [9.17, 15) is 0 Å². The van der Waals surface area contributed by atoms with Crippen molar-refractivity contribution in [1.29, 1.82) is 0 Å². The number of fused-ring (bicyclic) bond motifs is 4. The van der Waals surface area contributed by atoms with Crippen LogP contribution in [0.5, 0.6) is 0 Å². The Bertz CT molecular complexity index is 2160. The third-order valence-electron chi connectivity index (χ3n) is 19.0. The van der Waals surface area contributed by atoms with E-state index < -0.39 is 0 Å². The van der Waals surface area contributed by atoms with Crippen LogP contribution in [0.1, 0.15) is 242 Å². The second-order valence-corrected chi connectivity index (χ2v) is 30.7. The topological polar surface area (TPSA) is 12.9 Å². The number of rotatable bonds is 9. The molecule has 0 radical (unpaired) electrons. The van der Waals surface area contributed by atoms with Gasteiger partial charge >= 0.3 is 44.8 Å². The van der Waals surface area contributed by atoms with Crippen LogP contribution in [0.3, 0.4) is 0 Å². The minimum absolute atomic E-state index is 0. The number of thiazole rings is 1. The van der Waals surface area contributed by atoms with Gasteiger partial charge in [-0.3, -0.25) is 11.8 Å². The van der Waals surface area contributed by atoms with Crippen LogP contribution in [0.2, 0.25) is 0 Å². The van der Waals surface area contributed by atoms with E-state index in [1.807, 2.05) is 24.3 Å². The quantitative estimate of drug-likeness (QED) is 0.0704. The Hall–Kier alpha value is -0.989. The third kappa shape index (κ3) is 13.3. The average Bonchev–Trinajstić information content (AvgIpc) is 3.97. The summed E-state index contributed by atoms with van der Waals surface area (Å²) in [4.78, 5) is 4.85. The maximum Gasteiger partial charge on any atom is 1.00 e. The second kappa shape index (κ2) is 28.2. The van der Waals surface area contributed by atoms with Gasteiger partial charge in [-0.1, -0.05) is 76.6 Å². The van der Waals surface area contributed by atoms with Crippen LogP contribution in [-0.2, 0) is 50.2 Å². The Balaban J connectivity index is 0.000000159. The van der Waals surface area contributed by atoms with Gasteiger partial charge in [0.2, 0.25) is 0 Å². The zero-order chi connectivity index (χ0) is 46.7. The zero-order valence-corrected chi connectivity index (χ0v) is 50.4. The predicted octanol–water partition coefficient (Wildman–Crippen LogP) is 19.3. The van der Waals surface area contributed by atoms with Crippen molar-refractivity contribution in [3.63, 3.8) is 0 Å². The minimum atomic E-state index is -0.0491. The van der Waals surface area contributed by atoms with Gasteiger partial charge in [-0.15, -0.1) is 46.7 Å². The molecule has 0 atom stereocenters. The second-order valence-electron chi connectivity index (χ2n) is 22.8. The zero-order valence-electron chi connectivity index (χ0n) is 43.2. The molecule has 6 saturated carbocycles. The summed E-state index contributed by atoms with van der Waals surface area (Å²) < 4.78 is 1.08. The molecule has 3 aromatic carbocycles. The fraction of sp³-hybridized carbons (Fsp3) is 0.641. The number of benzene rings is 3. The van der Waals surface area contributed by atoms with Crippen LogP contribution >= 0.6 is 27.2 Å². The van der Waals surface area contributed by atoms with Gasteiger partial charge in [0.15, 0.2) is 0 Å². The Morgan fingerprint density at radius 1 is 0.471 bits per heavy atom. The maximum atomic E-state index is 7.57. The van der Waals surface area contributed by atoms with Crippen molar-refractivity contribution >= 4 is 37.4 Å². The van der Waals surface area contributed by atoms with Crippen LogP contribution < -0.4 is 0 Å². The monoisotopic (exact) mass is 1360 g/mol. The van der Waals surface area contributed by atoms with E-state index in [1.54, 1.807) is 204 Å². The molecule has 0 unspecified atom stereocenters. The molecule has 7 aliphatic rings.